The monoisotopic (exact) mass is 345 g/mol. The normalized spacial score (nSPS) is 10.6. The van der Waals surface area contributed by atoms with E-state index in [1.165, 1.54) is 4.68 Å². The molecule has 0 atom stereocenters. The van der Waals surface area contributed by atoms with Crippen LogP contribution in [-0.4, -0.2) is 25.5 Å². The van der Waals surface area contributed by atoms with Gasteiger partial charge < -0.3 is 10.1 Å². The minimum Gasteiger partial charge on any atom is -0.470 e. The first-order chi connectivity index (χ1) is 11.6. The minimum absolute atomic E-state index is 0.165. The summed E-state index contributed by atoms with van der Waals surface area (Å²) >= 11 is 6.02. The number of aromatic nitrogens is 4. The number of benzene rings is 1. The Morgan fingerprint density at radius 3 is 2.88 bits per heavy atom. The molecule has 0 unspecified atom stereocenters. The van der Waals surface area contributed by atoms with Crippen LogP contribution in [0.15, 0.2) is 48.8 Å². The maximum absolute atomic E-state index is 12.1. The van der Waals surface area contributed by atoms with Gasteiger partial charge in [-0.2, -0.15) is 10.2 Å². The molecule has 2 heterocycles. The van der Waals surface area contributed by atoms with E-state index in [4.69, 9.17) is 16.3 Å². The number of nitrogens with one attached hydrogen (secondary N) is 1. The SMILES string of the molecule is Cn1nccc1CNC(=O)c1ccn(COc2ccccc2Cl)n1. The van der Waals surface area contributed by atoms with Crippen LogP contribution in [0.4, 0.5) is 0 Å². The van der Waals surface area contributed by atoms with Crippen LogP contribution in [0.5, 0.6) is 5.75 Å². The Hall–Kier alpha value is -2.80. The van der Waals surface area contributed by atoms with Crippen molar-refractivity contribution in [2.75, 3.05) is 0 Å². The van der Waals surface area contributed by atoms with Gasteiger partial charge in [-0.1, -0.05) is 23.7 Å². The summed E-state index contributed by atoms with van der Waals surface area (Å²) in [5.74, 6) is 0.310. The molecule has 124 valence electrons. The van der Waals surface area contributed by atoms with Crippen molar-refractivity contribution < 1.29 is 9.53 Å². The zero-order valence-corrected chi connectivity index (χ0v) is 13.8. The number of para-hydroxylation sites is 1. The number of ether oxygens (including phenoxy) is 1. The molecule has 3 rings (SSSR count). The molecular weight excluding hydrogens is 330 g/mol. The van der Waals surface area contributed by atoms with Gasteiger partial charge in [-0.15, -0.1) is 0 Å². The average Bonchev–Trinajstić information content (AvgIpc) is 3.21. The number of aryl methyl sites for hydroxylation is 1. The highest BCUT2D eigenvalue weighted by Crippen LogP contribution is 2.23. The Morgan fingerprint density at radius 1 is 1.29 bits per heavy atom. The van der Waals surface area contributed by atoms with Crippen LogP contribution < -0.4 is 10.1 Å². The molecule has 1 N–H and O–H groups in total. The molecule has 0 aliphatic rings. The molecule has 0 aliphatic carbocycles. The third-order valence-electron chi connectivity index (χ3n) is 3.41. The number of rotatable bonds is 6. The molecule has 0 bridgehead atoms. The van der Waals surface area contributed by atoms with Crippen molar-refractivity contribution in [3.05, 3.63) is 65.2 Å². The van der Waals surface area contributed by atoms with E-state index in [0.717, 1.165) is 5.69 Å². The van der Waals surface area contributed by atoms with Crippen LogP contribution in [-0.2, 0) is 20.3 Å². The van der Waals surface area contributed by atoms with Crippen molar-refractivity contribution in [2.45, 2.75) is 13.3 Å². The Kier molecular flexibility index (Phi) is 4.81. The average molecular weight is 346 g/mol. The molecule has 1 aromatic carbocycles. The highest BCUT2D eigenvalue weighted by Gasteiger charge is 2.10. The van der Waals surface area contributed by atoms with Crippen LogP contribution in [0.2, 0.25) is 5.02 Å². The first-order valence-corrected chi connectivity index (χ1v) is 7.67. The van der Waals surface area contributed by atoms with Crippen molar-refractivity contribution >= 4 is 17.5 Å². The van der Waals surface area contributed by atoms with E-state index in [9.17, 15) is 4.79 Å². The Morgan fingerprint density at radius 2 is 2.12 bits per heavy atom. The van der Waals surface area contributed by atoms with Gasteiger partial charge in [0.1, 0.15) is 11.4 Å². The first-order valence-electron chi connectivity index (χ1n) is 7.29. The highest BCUT2D eigenvalue weighted by molar-refractivity contribution is 6.32. The lowest BCUT2D eigenvalue weighted by Crippen LogP contribution is -2.24. The van der Waals surface area contributed by atoms with Crippen LogP contribution in [0.1, 0.15) is 16.2 Å². The molecule has 3 aromatic rings. The van der Waals surface area contributed by atoms with E-state index in [0.29, 0.717) is 23.0 Å². The van der Waals surface area contributed by atoms with Crippen LogP contribution in [0.3, 0.4) is 0 Å². The van der Waals surface area contributed by atoms with Gasteiger partial charge in [-0.25, -0.2) is 4.68 Å². The summed E-state index contributed by atoms with van der Waals surface area (Å²) in [6.07, 6.45) is 3.36. The van der Waals surface area contributed by atoms with Gasteiger partial charge in [0.15, 0.2) is 6.73 Å². The van der Waals surface area contributed by atoms with Gasteiger partial charge in [0, 0.05) is 19.4 Å². The fraction of sp³-hybridized carbons (Fsp3) is 0.188. The fourth-order valence-electron chi connectivity index (χ4n) is 2.09. The highest BCUT2D eigenvalue weighted by atomic mass is 35.5. The summed E-state index contributed by atoms with van der Waals surface area (Å²) in [7, 11) is 1.82. The quantitative estimate of drug-likeness (QED) is 0.743. The number of carbonyl (C=O) groups is 1. The van der Waals surface area contributed by atoms with Crippen molar-refractivity contribution in [3.8, 4) is 5.75 Å². The lowest BCUT2D eigenvalue weighted by Gasteiger charge is -2.07. The van der Waals surface area contributed by atoms with Crippen LogP contribution in [0, 0.1) is 0 Å². The molecule has 2 aromatic heterocycles. The van der Waals surface area contributed by atoms with Crippen molar-refractivity contribution in [1.82, 2.24) is 24.9 Å². The van der Waals surface area contributed by atoms with Crippen molar-refractivity contribution in [1.29, 1.82) is 0 Å². The standard InChI is InChI=1S/C16H16ClN5O2/c1-21-12(6-8-19-21)10-18-16(23)14-7-9-22(20-14)11-24-15-5-3-2-4-13(15)17/h2-9H,10-11H2,1H3,(H,18,23). The second-order valence-electron chi connectivity index (χ2n) is 5.07. The molecule has 0 spiro atoms. The van der Waals surface area contributed by atoms with Crippen molar-refractivity contribution in [2.24, 2.45) is 7.05 Å². The van der Waals surface area contributed by atoms with Gasteiger partial charge in [0.05, 0.1) is 17.3 Å². The molecule has 0 fully saturated rings. The Labute approximate surface area is 143 Å². The molecular formula is C16H16ClN5O2. The first kappa shape index (κ1) is 16.1. The fourth-order valence-corrected chi connectivity index (χ4v) is 2.28. The van der Waals surface area contributed by atoms with Crippen LogP contribution in [0.25, 0.3) is 0 Å². The van der Waals surface area contributed by atoms with E-state index in [1.807, 2.05) is 25.2 Å². The summed E-state index contributed by atoms with van der Waals surface area (Å²) in [5.41, 5.74) is 1.23. The number of hydrogen-bond donors (Lipinski definition) is 1. The summed E-state index contributed by atoms with van der Waals surface area (Å²) < 4.78 is 8.81. The van der Waals surface area contributed by atoms with Crippen molar-refractivity contribution in [3.63, 3.8) is 0 Å². The van der Waals surface area contributed by atoms with E-state index in [-0.39, 0.29) is 12.6 Å². The zero-order chi connectivity index (χ0) is 16.9. The molecule has 8 heteroatoms. The summed E-state index contributed by atoms with van der Waals surface area (Å²) in [6.45, 7) is 0.553. The summed E-state index contributed by atoms with van der Waals surface area (Å²) in [6, 6.07) is 10.7. The van der Waals surface area contributed by atoms with E-state index in [2.05, 4.69) is 15.5 Å². The number of halogens is 1. The lowest BCUT2D eigenvalue weighted by molar-refractivity contribution is 0.0943. The number of hydrogen-bond acceptors (Lipinski definition) is 4. The van der Waals surface area contributed by atoms with Gasteiger partial charge in [-0.05, 0) is 24.3 Å². The Bertz CT molecular complexity index is 842. The largest absolute Gasteiger partial charge is 0.470 e. The predicted octanol–water partition coefficient (Wildman–Crippen LogP) is 2.24. The molecule has 0 saturated heterocycles. The van der Waals surface area contributed by atoms with E-state index >= 15 is 0 Å². The smallest absolute Gasteiger partial charge is 0.272 e. The predicted molar refractivity (Wildman–Crippen MR) is 88.7 cm³/mol. The lowest BCUT2D eigenvalue weighted by atomic mass is 10.3. The number of carbonyl (C=O) groups excluding carboxylic acids is 1. The summed E-state index contributed by atoms with van der Waals surface area (Å²) in [5, 5.41) is 11.6. The molecule has 1 amide bonds. The van der Waals surface area contributed by atoms with Gasteiger partial charge in [0.2, 0.25) is 0 Å². The van der Waals surface area contributed by atoms with Gasteiger partial charge in [-0.3, -0.25) is 9.48 Å². The molecule has 0 aliphatic heterocycles. The molecule has 0 radical (unpaired) electrons. The zero-order valence-electron chi connectivity index (χ0n) is 13.0. The van der Waals surface area contributed by atoms with Gasteiger partial charge >= 0.3 is 0 Å². The molecule has 24 heavy (non-hydrogen) atoms. The molecule has 0 saturated carbocycles. The van der Waals surface area contributed by atoms with Gasteiger partial charge in [0.25, 0.3) is 5.91 Å². The summed E-state index contributed by atoms with van der Waals surface area (Å²) in [4.78, 5) is 12.1. The number of amides is 1. The second-order valence-corrected chi connectivity index (χ2v) is 5.48. The van der Waals surface area contributed by atoms with E-state index < -0.39 is 0 Å². The topological polar surface area (TPSA) is 74.0 Å². The maximum Gasteiger partial charge on any atom is 0.272 e. The third kappa shape index (κ3) is 3.75. The minimum atomic E-state index is -0.257. The number of nitrogens with zero attached hydrogens (tertiary/aromatic N) is 4. The maximum atomic E-state index is 12.1. The van der Waals surface area contributed by atoms with Crippen LogP contribution >= 0.6 is 11.6 Å². The molecule has 7 nitrogen and oxygen atoms in total. The third-order valence-corrected chi connectivity index (χ3v) is 3.73. The second kappa shape index (κ2) is 7.18. The Balaban J connectivity index is 1.56. The van der Waals surface area contributed by atoms with E-state index in [1.54, 1.807) is 35.3 Å².